The summed E-state index contributed by atoms with van der Waals surface area (Å²) in [5.74, 6) is 0.374. The van der Waals surface area contributed by atoms with E-state index in [9.17, 15) is 9.59 Å². The maximum absolute atomic E-state index is 13.0. The molecular formula is C20H20IN3O3. The second kappa shape index (κ2) is 8.43. The Balaban J connectivity index is 1.92. The Morgan fingerprint density at radius 1 is 1.22 bits per heavy atom. The molecule has 0 fully saturated rings. The number of benzene rings is 2. The molecule has 1 aliphatic heterocycles. The number of amides is 3. The van der Waals surface area contributed by atoms with Crippen LogP contribution in [0.4, 0.5) is 4.79 Å². The summed E-state index contributed by atoms with van der Waals surface area (Å²) in [5, 5.41) is 8.46. The fourth-order valence-corrected chi connectivity index (χ4v) is 3.55. The number of urea groups is 1. The van der Waals surface area contributed by atoms with Crippen molar-refractivity contribution in [1.29, 1.82) is 0 Å². The number of hydrogen-bond acceptors (Lipinski definition) is 3. The zero-order valence-corrected chi connectivity index (χ0v) is 17.2. The molecule has 1 unspecified atom stereocenters. The lowest BCUT2D eigenvalue weighted by Gasteiger charge is -2.29. The lowest BCUT2D eigenvalue weighted by Crippen LogP contribution is -2.47. The third-order valence-corrected chi connectivity index (χ3v) is 4.98. The first-order valence-electron chi connectivity index (χ1n) is 8.43. The molecule has 140 valence electrons. The second-order valence-corrected chi connectivity index (χ2v) is 7.37. The maximum Gasteiger partial charge on any atom is 0.319 e. The van der Waals surface area contributed by atoms with Crippen molar-refractivity contribution in [2.45, 2.75) is 19.5 Å². The first-order valence-corrected chi connectivity index (χ1v) is 9.51. The van der Waals surface area contributed by atoms with Crippen molar-refractivity contribution in [1.82, 2.24) is 16.0 Å². The standard InChI is InChI=1S/C20H20IN3O3/c1-12-17(19(25)22-11-13-6-4-3-5-7-13)18(24-20(26)23-12)15-10-14(21)8-9-16(15)27-2/h3-10,18H,11H2,1-2H3,(H,22,25)(H2,23,24,26). The van der Waals surface area contributed by atoms with E-state index in [1.807, 2.05) is 48.5 Å². The third-order valence-electron chi connectivity index (χ3n) is 4.31. The highest BCUT2D eigenvalue weighted by atomic mass is 127. The van der Waals surface area contributed by atoms with E-state index in [2.05, 4.69) is 38.5 Å². The minimum Gasteiger partial charge on any atom is -0.496 e. The van der Waals surface area contributed by atoms with Crippen molar-refractivity contribution < 1.29 is 14.3 Å². The first-order chi connectivity index (χ1) is 13.0. The van der Waals surface area contributed by atoms with Crippen molar-refractivity contribution in [2.75, 3.05) is 7.11 Å². The number of carbonyl (C=O) groups is 2. The van der Waals surface area contributed by atoms with Crippen LogP contribution in [0.1, 0.15) is 24.1 Å². The number of carbonyl (C=O) groups excluding carboxylic acids is 2. The predicted octanol–water partition coefficient (Wildman–Crippen LogP) is 3.24. The Kier molecular flexibility index (Phi) is 6.00. The largest absolute Gasteiger partial charge is 0.496 e. The molecule has 1 heterocycles. The van der Waals surface area contributed by atoms with Gasteiger partial charge in [0.25, 0.3) is 5.91 Å². The predicted molar refractivity (Wildman–Crippen MR) is 111 cm³/mol. The van der Waals surface area contributed by atoms with Crippen LogP contribution in [0.15, 0.2) is 59.8 Å². The smallest absolute Gasteiger partial charge is 0.319 e. The lowest BCUT2D eigenvalue weighted by molar-refractivity contribution is -0.118. The first kappa shape index (κ1) is 19.2. The monoisotopic (exact) mass is 477 g/mol. The summed E-state index contributed by atoms with van der Waals surface area (Å²) in [7, 11) is 1.57. The van der Waals surface area contributed by atoms with Crippen LogP contribution in [0.25, 0.3) is 0 Å². The summed E-state index contributed by atoms with van der Waals surface area (Å²) in [6.45, 7) is 2.13. The molecule has 7 heteroatoms. The highest BCUT2D eigenvalue weighted by Gasteiger charge is 2.32. The minimum absolute atomic E-state index is 0.241. The zero-order chi connectivity index (χ0) is 19.4. The number of allylic oxidation sites excluding steroid dienone is 1. The summed E-state index contributed by atoms with van der Waals surface area (Å²) in [6.07, 6.45) is 0. The molecule has 0 saturated carbocycles. The molecule has 0 radical (unpaired) electrons. The summed E-state index contributed by atoms with van der Waals surface area (Å²) in [4.78, 5) is 25.0. The molecular weight excluding hydrogens is 457 g/mol. The van der Waals surface area contributed by atoms with Gasteiger partial charge in [0.1, 0.15) is 5.75 Å². The van der Waals surface area contributed by atoms with Crippen molar-refractivity contribution >= 4 is 34.5 Å². The SMILES string of the molecule is COc1ccc(I)cc1C1NC(=O)NC(C)=C1C(=O)NCc1ccccc1. The van der Waals surface area contributed by atoms with Crippen LogP contribution in [-0.4, -0.2) is 19.0 Å². The molecule has 3 amide bonds. The zero-order valence-electron chi connectivity index (χ0n) is 15.0. The lowest BCUT2D eigenvalue weighted by atomic mass is 9.94. The minimum atomic E-state index is -0.598. The van der Waals surface area contributed by atoms with Gasteiger partial charge in [0.15, 0.2) is 0 Å². The van der Waals surface area contributed by atoms with Crippen LogP contribution in [0, 0.1) is 3.57 Å². The van der Waals surface area contributed by atoms with E-state index >= 15 is 0 Å². The van der Waals surface area contributed by atoms with Gasteiger partial charge in [-0.2, -0.15) is 0 Å². The molecule has 27 heavy (non-hydrogen) atoms. The van der Waals surface area contributed by atoms with Gasteiger partial charge in [-0.15, -0.1) is 0 Å². The number of hydrogen-bond donors (Lipinski definition) is 3. The van der Waals surface area contributed by atoms with E-state index in [1.54, 1.807) is 14.0 Å². The van der Waals surface area contributed by atoms with Gasteiger partial charge in [0, 0.05) is 21.4 Å². The van der Waals surface area contributed by atoms with Crippen LogP contribution in [0.3, 0.4) is 0 Å². The van der Waals surface area contributed by atoms with Gasteiger partial charge in [-0.1, -0.05) is 30.3 Å². The van der Waals surface area contributed by atoms with Gasteiger partial charge >= 0.3 is 6.03 Å². The van der Waals surface area contributed by atoms with Crippen LogP contribution in [0.5, 0.6) is 5.75 Å². The fraction of sp³-hybridized carbons (Fsp3) is 0.200. The second-order valence-electron chi connectivity index (χ2n) is 6.12. The summed E-state index contributed by atoms with van der Waals surface area (Å²) in [6, 6.07) is 14.4. The van der Waals surface area contributed by atoms with Crippen LogP contribution >= 0.6 is 22.6 Å². The quantitative estimate of drug-likeness (QED) is 0.579. The topological polar surface area (TPSA) is 79.5 Å². The number of methoxy groups -OCH3 is 1. The van der Waals surface area contributed by atoms with Crippen molar-refractivity contribution in [3.8, 4) is 5.75 Å². The molecule has 0 aliphatic carbocycles. The van der Waals surface area contributed by atoms with E-state index in [0.29, 0.717) is 23.6 Å². The molecule has 2 aromatic rings. The van der Waals surface area contributed by atoms with Gasteiger partial charge in [0.2, 0.25) is 0 Å². The molecule has 3 N–H and O–H groups in total. The highest BCUT2D eigenvalue weighted by molar-refractivity contribution is 14.1. The number of ether oxygens (including phenoxy) is 1. The van der Waals surface area contributed by atoms with E-state index in [1.165, 1.54) is 0 Å². The van der Waals surface area contributed by atoms with Crippen LogP contribution in [-0.2, 0) is 11.3 Å². The summed E-state index contributed by atoms with van der Waals surface area (Å²) >= 11 is 2.19. The van der Waals surface area contributed by atoms with Gasteiger partial charge in [-0.25, -0.2) is 4.79 Å². The Morgan fingerprint density at radius 3 is 2.67 bits per heavy atom. The fourth-order valence-electron chi connectivity index (χ4n) is 3.03. The molecule has 6 nitrogen and oxygen atoms in total. The number of halogens is 1. The molecule has 0 aromatic heterocycles. The third kappa shape index (κ3) is 4.41. The van der Waals surface area contributed by atoms with Gasteiger partial charge in [0.05, 0.1) is 18.7 Å². The molecule has 2 aromatic carbocycles. The van der Waals surface area contributed by atoms with Crippen LogP contribution in [0.2, 0.25) is 0 Å². The number of rotatable bonds is 5. The molecule has 3 rings (SSSR count). The van der Waals surface area contributed by atoms with Crippen molar-refractivity contribution in [3.05, 3.63) is 74.5 Å². The molecule has 1 aliphatic rings. The van der Waals surface area contributed by atoms with E-state index in [-0.39, 0.29) is 11.9 Å². The average molecular weight is 477 g/mol. The van der Waals surface area contributed by atoms with Gasteiger partial charge in [-0.05, 0) is 53.3 Å². The van der Waals surface area contributed by atoms with E-state index in [4.69, 9.17) is 4.74 Å². The highest BCUT2D eigenvalue weighted by Crippen LogP contribution is 2.34. The molecule has 0 bridgehead atoms. The van der Waals surface area contributed by atoms with Gasteiger partial charge in [-0.3, -0.25) is 4.79 Å². The van der Waals surface area contributed by atoms with Crippen molar-refractivity contribution in [2.24, 2.45) is 0 Å². The summed E-state index contributed by atoms with van der Waals surface area (Å²) in [5.41, 5.74) is 2.73. The van der Waals surface area contributed by atoms with Gasteiger partial charge < -0.3 is 20.7 Å². The Hall–Kier alpha value is -2.55. The Morgan fingerprint density at radius 2 is 1.96 bits per heavy atom. The normalized spacial score (nSPS) is 16.4. The van der Waals surface area contributed by atoms with Crippen LogP contribution < -0.4 is 20.7 Å². The van der Waals surface area contributed by atoms with E-state index < -0.39 is 6.04 Å². The maximum atomic E-state index is 13.0. The average Bonchev–Trinajstić information content (AvgIpc) is 2.66. The Labute approximate surface area is 171 Å². The Bertz CT molecular complexity index is 897. The number of nitrogens with one attached hydrogen (secondary N) is 3. The van der Waals surface area contributed by atoms with E-state index in [0.717, 1.165) is 14.7 Å². The molecule has 0 saturated heterocycles. The summed E-state index contributed by atoms with van der Waals surface area (Å²) < 4.78 is 6.44. The molecule has 1 atom stereocenters. The van der Waals surface area contributed by atoms with Crippen molar-refractivity contribution in [3.63, 3.8) is 0 Å². The molecule has 0 spiro atoms.